The SMILES string of the molecule is C[C@@H]1C[C@@H](C)CN(S(=O)(=O)c2ccc(C(=O)NNC(=O)c3ccco3)cc2)C1. The van der Waals surface area contributed by atoms with Crippen molar-refractivity contribution in [3.05, 3.63) is 54.0 Å². The predicted molar refractivity (Wildman–Crippen MR) is 102 cm³/mol. The monoisotopic (exact) mass is 405 g/mol. The van der Waals surface area contributed by atoms with Crippen molar-refractivity contribution in [1.82, 2.24) is 15.2 Å². The lowest BCUT2D eigenvalue weighted by Gasteiger charge is -2.34. The lowest BCUT2D eigenvalue weighted by Crippen LogP contribution is -2.42. The summed E-state index contributed by atoms with van der Waals surface area (Å²) >= 11 is 0. The van der Waals surface area contributed by atoms with E-state index in [1.165, 1.54) is 40.9 Å². The molecule has 1 saturated heterocycles. The minimum absolute atomic E-state index is 0.0618. The number of piperidine rings is 1. The van der Waals surface area contributed by atoms with Gasteiger partial charge in [0.15, 0.2) is 5.76 Å². The maximum atomic E-state index is 12.9. The number of hydrazine groups is 1. The second-order valence-corrected chi connectivity index (χ2v) is 9.12. The number of amides is 2. The van der Waals surface area contributed by atoms with Gasteiger partial charge in [0.05, 0.1) is 11.2 Å². The first-order valence-electron chi connectivity index (χ1n) is 9.01. The molecule has 28 heavy (non-hydrogen) atoms. The van der Waals surface area contributed by atoms with Gasteiger partial charge in [0.25, 0.3) is 5.91 Å². The number of benzene rings is 1. The number of carbonyl (C=O) groups is 2. The van der Waals surface area contributed by atoms with Crippen molar-refractivity contribution >= 4 is 21.8 Å². The normalized spacial score (nSPS) is 20.5. The number of sulfonamides is 1. The van der Waals surface area contributed by atoms with Gasteiger partial charge in [-0.15, -0.1) is 0 Å². The number of nitrogens with zero attached hydrogens (tertiary/aromatic N) is 1. The van der Waals surface area contributed by atoms with Crippen LogP contribution in [0.25, 0.3) is 0 Å². The Morgan fingerprint density at radius 3 is 2.18 bits per heavy atom. The molecule has 1 aromatic heterocycles. The molecule has 3 rings (SSSR count). The van der Waals surface area contributed by atoms with Crippen molar-refractivity contribution in [2.24, 2.45) is 11.8 Å². The molecular formula is C19H23N3O5S. The highest BCUT2D eigenvalue weighted by molar-refractivity contribution is 7.89. The van der Waals surface area contributed by atoms with Crippen LogP contribution in [0.4, 0.5) is 0 Å². The summed E-state index contributed by atoms with van der Waals surface area (Å²) in [6, 6.07) is 8.66. The van der Waals surface area contributed by atoms with Gasteiger partial charge < -0.3 is 4.42 Å². The van der Waals surface area contributed by atoms with E-state index in [0.717, 1.165) is 6.42 Å². The lowest BCUT2D eigenvalue weighted by atomic mass is 9.94. The molecule has 1 aliphatic heterocycles. The second kappa shape index (κ2) is 8.15. The highest BCUT2D eigenvalue weighted by atomic mass is 32.2. The fourth-order valence-electron chi connectivity index (χ4n) is 3.38. The van der Waals surface area contributed by atoms with E-state index >= 15 is 0 Å². The molecule has 9 heteroatoms. The van der Waals surface area contributed by atoms with Crippen molar-refractivity contribution in [3.8, 4) is 0 Å². The van der Waals surface area contributed by atoms with Crippen LogP contribution in [-0.4, -0.2) is 37.6 Å². The molecule has 0 unspecified atom stereocenters. The zero-order chi connectivity index (χ0) is 20.3. The highest BCUT2D eigenvalue weighted by Gasteiger charge is 2.31. The Labute approximate surface area is 163 Å². The average molecular weight is 405 g/mol. The molecule has 2 heterocycles. The van der Waals surface area contributed by atoms with Crippen LogP contribution in [0.15, 0.2) is 52.0 Å². The van der Waals surface area contributed by atoms with Crippen molar-refractivity contribution < 1.29 is 22.4 Å². The van der Waals surface area contributed by atoms with E-state index in [1.54, 1.807) is 6.07 Å². The molecule has 1 aromatic carbocycles. The maximum Gasteiger partial charge on any atom is 0.305 e. The van der Waals surface area contributed by atoms with E-state index in [1.807, 2.05) is 13.8 Å². The summed E-state index contributed by atoms with van der Waals surface area (Å²) in [5, 5.41) is 0. The zero-order valence-electron chi connectivity index (χ0n) is 15.7. The third kappa shape index (κ3) is 4.42. The minimum atomic E-state index is -3.61. The number of rotatable bonds is 4. The van der Waals surface area contributed by atoms with Gasteiger partial charge in [-0.1, -0.05) is 13.8 Å². The first-order chi connectivity index (χ1) is 13.3. The van der Waals surface area contributed by atoms with Crippen molar-refractivity contribution in [1.29, 1.82) is 0 Å². The summed E-state index contributed by atoms with van der Waals surface area (Å²) in [6.07, 6.45) is 2.36. The smallest absolute Gasteiger partial charge is 0.305 e. The number of nitrogens with one attached hydrogen (secondary N) is 2. The van der Waals surface area contributed by atoms with E-state index < -0.39 is 21.8 Å². The largest absolute Gasteiger partial charge is 0.459 e. The van der Waals surface area contributed by atoms with Gasteiger partial charge in [0.1, 0.15) is 0 Å². The summed E-state index contributed by atoms with van der Waals surface area (Å²) in [4.78, 5) is 24.0. The number of furan rings is 1. The van der Waals surface area contributed by atoms with Crippen molar-refractivity contribution in [2.75, 3.05) is 13.1 Å². The Morgan fingerprint density at radius 1 is 1.00 bits per heavy atom. The van der Waals surface area contributed by atoms with Gasteiger partial charge in [-0.25, -0.2) is 8.42 Å². The van der Waals surface area contributed by atoms with Crippen LogP contribution in [0.1, 0.15) is 41.2 Å². The summed E-state index contributed by atoms with van der Waals surface area (Å²) < 4.78 is 32.2. The van der Waals surface area contributed by atoms with E-state index in [2.05, 4.69) is 10.9 Å². The standard InChI is InChI=1S/C19H23N3O5S/c1-13-10-14(2)12-22(11-13)28(25,26)16-7-5-15(6-8-16)18(23)20-21-19(24)17-4-3-9-27-17/h3-9,13-14H,10-12H2,1-2H3,(H,20,23)(H,21,24)/t13-,14-/m1/s1. The molecule has 0 bridgehead atoms. The van der Waals surface area contributed by atoms with Crippen LogP contribution < -0.4 is 10.9 Å². The van der Waals surface area contributed by atoms with Crippen molar-refractivity contribution in [2.45, 2.75) is 25.2 Å². The van der Waals surface area contributed by atoms with Gasteiger partial charge in [0, 0.05) is 18.7 Å². The number of hydrogen-bond acceptors (Lipinski definition) is 5. The van der Waals surface area contributed by atoms with E-state index in [0.29, 0.717) is 24.9 Å². The quantitative estimate of drug-likeness (QED) is 0.757. The van der Waals surface area contributed by atoms with Crippen LogP contribution in [-0.2, 0) is 10.0 Å². The van der Waals surface area contributed by atoms with E-state index in [-0.39, 0.29) is 16.2 Å². The predicted octanol–water partition coefficient (Wildman–Crippen LogP) is 2.02. The number of carbonyl (C=O) groups excluding carboxylic acids is 2. The summed E-state index contributed by atoms with van der Waals surface area (Å²) in [6.45, 7) is 5.08. The molecule has 2 aromatic rings. The van der Waals surface area contributed by atoms with Crippen LogP contribution in [0.3, 0.4) is 0 Å². The lowest BCUT2D eigenvalue weighted by molar-refractivity contribution is 0.0831. The Hall–Kier alpha value is -2.65. The van der Waals surface area contributed by atoms with E-state index in [9.17, 15) is 18.0 Å². The summed E-state index contributed by atoms with van der Waals surface area (Å²) in [5.41, 5.74) is 4.71. The highest BCUT2D eigenvalue weighted by Crippen LogP contribution is 2.26. The molecule has 1 aliphatic rings. The summed E-state index contributed by atoms with van der Waals surface area (Å²) in [7, 11) is -3.61. The van der Waals surface area contributed by atoms with Gasteiger partial charge in [-0.05, 0) is 54.7 Å². The molecule has 8 nitrogen and oxygen atoms in total. The molecule has 0 saturated carbocycles. The Kier molecular flexibility index (Phi) is 5.85. The molecular weight excluding hydrogens is 382 g/mol. The minimum Gasteiger partial charge on any atom is -0.459 e. The third-order valence-electron chi connectivity index (χ3n) is 4.62. The molecule has 2 N–H and O–H groups in total. The van der Waals surface area contributed by atoms with Crippen LogP contribution in [0, 0.1) is 11.8 Å². The molecule has 0 radical (unpaired) electrons. The molecule has 1 fully saturated rings. The topological polar surface area (TPSA) is 109 Å². The average Bonchev–Trinajstić information content (AvgIpc) is 3.20. The van der Waals surface area contributed by atoms with Gasteiger partial charge in [-0.2, -0.15) is 4.31 Å². The second-order valence-electron chi connectivity index (χ2n) is 7.18. The van der Waals surface area contributed by atoms with Crippen LogP contribution >= 0.6 is 0 Å². The molecule has 2 amide bonds. The molecule has 150 valence electrons. The first-order valence-corrected chi connectivity index (χ1v) is 10.5. The molecule has 0 spiro atoms. The Bertz CT molecular complexity index is 928. The van der Waals surface area contributed by atoms with Gasteiger partial charge in [-0.3, -0.25) is 20.4 Å². The zero-order valence-corrected chi connectivity index (χ0v) is 16.5. The fraction of sp³-hybridized carbons (Fsp3) is 0.368. The molecule has 0 aliphatic carbocycles. The fourth-order valence-corrected chi connectivity index (χ4v) is 5.06. The molecule has 2 atom stereocenters. The van der Waals surface area contributed by atoms with Gasteiger partial charge in [0.2, 0.25) is 10.0 Å². The Morgan fingerprint density at radius 2 is 1.61 bits per heavy atom. The van der Waals surface area contributed by atoms with Crippen LogP contribution in [0.2, 0.25) is 0 Å². The first kappa shape index (κ1) is 20.1. The van der Waals surface area contributed by atoms with Gasteiger partial charge >= 0.3 is 5.91 Å². The van der Waals surface area contributed by atoms with Crippen molar-refractivity contribution in [3.63, 3.8) is 0 Å². The summed E-state index contributed by atoms with van der Waals surface area (Å²) in [5.74, 6) is -0.482. The maximum absolute atomic E-state index is 12.9. The van der Waals surface area contributed by atoms with Crippen LogP contribution in [0.5, 0.6) is 0 Å². The third-order valence-corrected chi connectivity index (χ3v) is 6.47. The number of hydrogen-bond donors (Lipinski definition) is 2. The Balaban J connectivity index is 1.65. The van der Waals surface area contributed by atoms with E-state index in [4.69, 9.17) is 4.42 Å².